The summed E-state index contributed by atoms with van der Waals surface area (Å²) in [5.74, 6) is 1.40. The molecule has 1 aromatic carbocycles. The Morgan fingerprint density at radius 1 is 1.03 bits per heavy atom. The van der Waals surface area contributed by atoms with Crippen LogP contribution in [-0.4, -0.2) is 61.7 Å². The van der Waals surface area contributed by atoms with Gasteiger partial charge in [0.1, 0.15) is 17.0 Å². The number of anilines is 1. The zero-order valence-electron chi connectivity index (χ0n) is 20.3. The maximum atomic E-state index is 5.55. The number of rotatable bonds is 5. The quantitative estimate of drug-likeness (QED) is 0.486. The first-order valence-electron chi connectivity index (χ1n) is 11.5. The van der Waals surface area contributed by atoms with E-state index in [1.807, 2.05) is 37.6 Å². The fourth-order valence-electron chi connectivity index (χ4n) is 4.46. The van der Waals surface area contributed by atoms with Gasteiger partial charge in [-0.15, -0.1) is 10.2 Å². The zero-order chi connectivity index (χ0) is 23.9. The number of nitrogens with one attached hydrogen (secondary N) is 1. The maximum absolute atomic E-state index is 5.55. The first kappa shape index (κ1) is 22.2. The number of ether oxygens (including phenoxy) is 1. The van der Waals surface area contributed by atoms with Crippen LogP contribution in [0.15, 0.2) is 42.9 Å². The van der Waals surface area contributed by atoms with E-state index < -0.39 is 0 Å². The Hall–Kier alpha value is -3.59. The van der Waals surface area contributed by atoms with Gasteiger partial charge >= 0.3 is 0 Å². The first-order chi connectivity index (χ1) is 16.3. The largest absolute Gasteiger partial charge is 0.494 e. The lowest BCUT2D eigenvalue weighted by Crippen LogP contribution is -2.45. The van der Waals surface area contributed by atoms with Crippen molar-refractivity contribution >= 4 is 16.9 Å². The van der Waals surface area contributed by atoms with Crippen molar-refractivity contribution in [2.75, 3.05) is 25.1 Å². The summed E-state index contributed by atoms with van der Waals surface area (Å²) in [7, 11) is 3.56. The molecule has 5 rings (SSSR count). The molecule has 9 heteroatoms. The van der Waals surface area contributed by atoms with Crippen molar-refractivity contribution in [3.8, 4) is 28.3 Å². The summed E-state index contributed by atoms with van der Waals surface area (Å²) in [5.41, 5.74) is 4.33. The average Bonchev–Trinajstić information content (AvgIpc) is 3.43. The Balaban J connectivity index is 1.32. The second-order valence-corrected chi connectivity index (χ2v) is 9.82. The van der Waals surface area contributed by atoms with Crippen LogP contribution in [0.5, 0.6) is 5.75 Å². The first-order valence-corrected chi connectivity index (χ1v) is 11.5. The van der Waals surface area contributed by atoms with E-state index in [0.29, 0.717) is 17.7 Å². The molecule has 0 aliphatic carbocycles. The molecule has 1 aliphatic rings. The Kier molecular flexibility index (Phi) is 5.65. The van der Waals surface area contributed by atoms with Crippen molar-refractivity contribution in [2.45, 2.75) is 38.8 Å². The minimum atomic E-state index is 0.0936. The Labute approximate surface area is 199 Å². The van der Waals surface area contributed by atoms with Gasteiger partial charge in [0.2, 0.25) is 5.95 Å². The van der Waals surface area contributed by atoms with Gasteiger partial charge in [-0.1, -0.05) is 6.07 Å². The van der Waals surface area contributed by atoms with Crippen molar-refractivity contribution in [3.05, 3.63) is 42.9 Å². The number of aromatic nitrogens is 6. The Bertz CT molecular complexity index is 1290. The van der Waals surface area contributed by atoms with Gasteiger partial charge in [-0.3, -0.25) is 9.67 Å². The van der Waals surface area contributed by atoms with E-state index >= 15 is 0 Å². The predicted molar refractivity (Wildman–Crippen MR) is 133 cm³/mol. The Morgan fingerprint density at radius 3 is 2.56 bits per heavy atom. The van der Waals surface area contributed by atoms with E-state index in [0.717, 1.165) is 53.0 Å². The smallest absolute Gasteiger partial charge is 0.245 e. The van der Waals surface area contributed by atoms with Gasteiger partial charge in [0.15, 0.2) is 0 Å². The fraction of sp³-hybridized carbons (Fsp3) is 0.400. The second kappa shape index (κ2) is 8.64. The van der Waals surface area contributed by atoms with Crippen molar-refractivity contribution < 1.29 is 4.74 Å². The molecule has 0 saturated carbocycles. The van der Waals surface area contributed by atoms with E-state index in [1.54, 1.807) is 18.0 Å². The number of benzene rings is 1. The number of pyridine rings is 1. The van der Waals surface area contributed by atoms with Crippen LogP contribution in [0.4, 0.5) is 5.95 Å². The molecule has 4 heterocycles. The second-order valence-electron chi connectivity index (χ2n) is 9.82. The van der Waals surface area contributed by atoms with Crippen molar-refractivity contribution in [3.63, 3.8) is 0 Å². The van der Waals surface area contributed by atoms with Gasteiger partial charge in [0.25, 0.3) is 0 Å². The predicted octanol–water partition coefficient (Wildman–Crippen LogP) is 3.46. The molecule has 1 N–H and O–H groups in total. The molecule has 4 aromatic rings. The molecule has 0 unspecified atom stereocenters. The lowest BCUT2D eigenvalue weighted by atomic mass is 10.0. The highest BCUT2D eigenvalue weighted by Gasteiger charge is 2.27. The van der Waals surface area contributed by atoms with Crippen molar-refractivity contribution in [1.29, 1.82) is 0 Å². The highest BCUT2D eigenvalue weighted by atomic mass is 16.5. The molecular formula is C25H30N8O. The summed E-state index contributed by atoms with van der Waals surface area (Å²) in [4.78, 5) is 11.4. The lowest BCUT2D eigenvalue weighted by Gasteiger charge is -2.25. The molecule has 1 atom stereocenters. The molecule has 1 fully saturated rings. The van der Waals surface area contributed by atoms with Gasteiger partial charge in [-0.05, 0) is 51.0 Å². The van der Waals surface area contributed by atoms with Gasteiger partial charge in [0, 0.05) is 55.1 Å². The molecule has 0 amide bonds. The van der Waals surface area contributed by atoms with Crippen LogP contribution in [-0.2, 0) is 7.05 Å². The number of aryl methyl sites for hydroxylation is 1. The minimum absolute atomic E-state index is 0.0936. The summed E-state index contributed by atoms with van der Waals surface area (Å²) >= 11 is 0. The van der Waals surface area contributed by atoms with E-state index in [1.165, 1.54) is 0 Å². The van der Waals surface area contributed by atoms with Crippen LogP contribution >= 0.6 is 0 Å². The van der Waals surface area contributed by atoms with Gasteiger partial charge < -0.3 is 15.0 Å². The van der Waals surface area contributed by atoms with Crippen LogP contribution < -0.4 is 15.0 Å². The highest BCUT2D eigenvalue weighted by molar-refractivity contribution is 5.89. The van der Waals surface area contributed by atoms with Gasteiger partial charge in [0.05, 0.1) is 19.0 Å². The third-order valence-electron chi connectivity index (χ3n) is 5.92. The third kappa shape index (κ3) is 4.56. The topological polar surface area (TPSA) is 93.9 Å². The van der Waals surface area contributed by atoms with Crippen molar-refractivity contribution in [1.82, 2.24) is 35.3 Å². The average molecular weight is 459 g/mol. The summed E-state index contributed by atoms with van der Waals surface area (Å²) in [6.07, 6.45) is 6.64. The molecule has 3 aromatic heterocycles. The summed E-state index contributed by atoms with van der Waals surface area (Å²) in [5, 5.41) is 17.9. The fourth-order valence-corrected chi connectivity index (χ4v) is 4.46. The van der Waals surface area contributed by atoms with Crippen LogP contribution in [0.25, 0.3) is 33.4 Å². The standard InChI is InChI=1S/C25H30N8O/c1-25(2,3)28-19-8-9-33(15-19)24-27-13-21(29-30-24)20-7-6-16(12-26-20)17-10-18-14-32(4)31-23(18)22(11-17)34-5/h6-7,10-14,19,28H,8-9,15H2,1-5H3/t19-/m1/s1. The molecule has 1 saturated heterocycles. The summed E-state index contributed by atoms with van der Waals surface area (Å²) in [6, 6.07) is 8.48. The number of nitrogens with zero attached hydrogens (tertiary/aromatic N) is 7. The summed E-state index contributed by atoms with van der Waals surface area (Å²) in [6.45, 7) is 8.37. The van der Waals surface area contributed by atoms with Crippen LogP contribution in [0.3, 0.4) is 0 Å². The monoisotopic (exact) mass is 458 g/mol. The maximum Gasteiger partial charge on any atom is 0.245 e. The number of fused-ring (bicyclic) bond motifs is 1. The van der Waals surface area contributed by atoms with Crippen molar-refractivity contribution in [2.24, 2.45) is 7.05 Å². The molecule has 0 radical (unpaired) electrons. The van der Waals surface area contributed by atoms with E-state index in [2.05, 4.69) is 62.3 Å². The molecule has 0 spiro atoms. The van der Waals surface area contributed by atoms with Gasteiger partial charge in [-0.2, -0.15) is 5.10 Å². The number of methoxy groups -OCH3 is 1. The zero-order valence-corrected chi connectivity index (χ0v) is 20.3. The summed E-state index contributed by atoms with van der Waals surface area (Å²) < 4.78 is 7.34. The minimum Gasteiger partial charge on any atom is -0.494 e. The van der Waals surface area contributed by atoms with Crippen LogP contribution in [0.1, 0.15) is 27.2 Å². The van der Waals surface area contributed by atoms with E-state index in [-0.39, 0.29) is 5.54 Å². The molecule has 9 nitrogen and oxygen atoms in total. The SMILES string of the molecule is COc1cc(-c2ccc(-c3cnc(N4CC[C@@H](NC(C)(C)C)C4)nn3)nc2)cc2cn(C)nc12. The van der Waals surface area contributed by atoms with Gasteiger partial charge in [-0.25, -0.2) is 4.98 Å². The third-order valence-corrected chi connectivity index (χ3v) is 5.92. The van der Waals surface area contributed by atoms with E-state index in [9.17, 15) is 0 Å². The molecule has 34 heavy (non-hydrogen) atoms. The van der Waals surface area contributed by atoms with Crippen LogP contribution in [0, 0.1) is 0 Å². The Morgan fingerprint density at radius 2 is 1.88 bits per heavy atom. The number of hydrogen-bond acceptors (Lipinski definition) is 8. The molecular weight excluding hydrogens is 428 g/mol. The van der Waals surface area contributed by atoms with Crippen LogP contribution in [0.2, 0.25) is 0 Å². The lowest BCUT2D eigenvalue weighted by molar-refractivity contribution is 0.373. The molecule has 1 aliphatic heterocycles. The number of hydrogen-bond donors (Lipinski definition) is 1. The highest BCUT2D eigenvalue weighted by Crippen LogP contribution is 2.32. The molecule has 0 bridgehead atoms. The normalized spacial score (nSPS) is 16.4. The molecule has 176 valence electrons. The van der Waals surface area contributed by atoms with E-state index in [4.69, 9.17) is 4.74 Å².